The number of carbonyl (C=O) groups excluding carboxylic acids is 1. The molecule has 0 atom stereocenters. The lowest BCUT2D eigenvalue weighted by molar-refractivity contribution is 0.102. The first-order valence-corrected chi connectivity index (χ1v) is 8.01. The van der Waals surface area contributed by atoms with Crippen molar-refractivity contribution < 1.29 is 4.79 Å². The van der Waals surface area contributed by atoms with Crippen LogP contribution >= 0.6 is 0 Å². The summed E-state index contributed by atoms with van der Waals surface area (Å²) in [4.78, 5) is 25.2. The van der Waals surface area contributed by atoms with Gasteiger partial charge in [-0.3, -0.25) is 9.78 Å². The number of hydrogen-bond acceptors (Lipinski definition) is 5. The van der Waals surface area contributed by atoms with E-state index < -0.39 is 5.91 Å². The molecule has 0 fully saturated rings. The van der Waals surface area contributed by atoms with Gasteiger partial charge in [-0.15, -0.1) is 0 Å². The maximum absolute atomic E-state index is 12.7. The van der Waals surface area contributed by atoms with Crippen molar-refractivity contribution in [3.8, 4) is 11.3 Å². The second kappa shape index (κ2) is 6.29. The molecule has 0 spiro atoms. The van der Waals surface area contributed by atoms with E-state index in [1.165, 1.54) is 6.20 Å². The summed E-state index contributed by atoms with van der Waals surface area (Å²) in [7, 11) is 1.95. The first kappa shape index (κ1) is 15.8. The topological polar surface area (TPSA) is 98.7 Å². The summed E-state index contributed by atoms with van der Waals surface area (Å²) in [5, 5.41) is 3.94. The van der Waals surface area contributed by atoms with E-state index in [2.05, 4.69) is 20.3 Å². The van der Waals surface area contributed by atoms with E-state index in [9.17, 15) is 4.79 Å². The fraction of sp³-hybridized carbons (Fsp3) is 0.0526. The lowest BCUT2D eigenvalue weighted by Crippen LogP contribution is -2.17. The van der Waals surface area contributed by atoms with Gasteiger partial charge in [0, 0.05) is 42.4 Å². The van der Waals surface area contributed by atoms with Crippen molar-refractivity contribution in [2.45, 2.75) is 0 Å². The molecule has 4 rings (SSSR count). The Balaban J connectivity index is 1.65. The predicted molar refractivity (Wildman–Crippen MR) is 101 cm³/mol. The molecule has 7 heteroatoms. The minimum absolute atomic E-state index is 0.0788. The van der Waals surface area contributed by atoms with E-state index >= 15 is 0 Å². The Kier molecular flexibility index (Phi) is 3.81. The molecule has 3 N–H and O–H groups in total. The summed E-state index contributed by atoms with van der Waals surface area (Å²) < 4.78 is 1.99. The molecular weight excluding hydrogens is 328 g/mol. The summed E-state index contributed by atoms with van der Waals surface area (Å²) in [5.74, 6) is -0.329. The van der Waals surface area contributed by atoms with Gasteiger partial charge in [0.1, 0.15) is 0 Å². The van der Waals surface area contributed by atoms with Gasteiger partial charge in [-0.1, -0.05) is 6.07 Å². The van der Waals surface area contributed by atoms with Gasteiger partial charge < -0.3 is 15.6 Å². The number of amides is 1. The van der Waals surface area contributed by atoms with Crippen LogP contribution in [0.4, 0.5) is 11.5 Å². The van der Waals surface area contributed by atoms with Gasteiger partial charge in [-0.25, -0.2) is 9.97 Å². The van der Waals surface area contributed by atoms with Crippen LogP contribution in [0.15, 0.2) is 61.2 Å². The first-order valence-electron chi connectivity index (χ1n) is 8.01. The Morgan fingerprint density at radius 3 is 2.88 bits per heavy atom. The van der Waals surface area contributed by atoms with E-state index in [0.717, 1.165) is 16.5 Å². The van der Waals surface area contributed by atoms with Gasteiger partial charge in [0.2, 0.25) is 0 Å². The Bertz CT molecular complexity index is 1100. The van der Waals surface area contributed by atoms with E-state index in [1.54, 1.807) is 18.5 Å². The van der Waals surface area contributed by atoms with Crippen LogP contribution in [-0.2, 0) is 7.05 Å². The number of pyridine rings is 1. The molecule has 0 unspecified atom stereocenters. The molecule has 0 aliphatic carbocycles. The smallest absolute Gasteiger partial charge is 0.278 e. The van der Waals surface area contributed by atoms with Gasteiger partial charge in [-0.2, -0.15) is 0 Å². The Hall–Kier alpha value is -3.74. The summed E-state index contributed by atoms with van der Waals surface area (Å²) in [6.07, 6.45) is 6.82. The molecule has 0 radical (unpaired) electrons. The van der Waals surface area contributed by atoms with Crippen molar-refractivity contribution >= 4 is 28.3 Å². The van der Waals surface area contributed by atoms with Crippen molar-refractivity contribution in [1.82, 2.24) is 19.5 Å². The number of anilines is 2. The number of rotatable bonds is 3. The second-order valence-electron chi connectivity index (χ2n) is 5.89. The third-order valence-electron chi connectivity index (χ3n) is 4.12. The number of nitrogens with zero attached hydrogens (tertiary/aromatic N) is 4. The molecule has 3 heterocycles. The minimum Gasteiger partial charge on any atom is -0.382 e. The van der Waals surface area contributed by atoms with E-state index in [4.69, 9.17) is 5.73 Å². The highest BCUT2D eigenvalue weighted by Gasteiger charge is 2.15. The monoisotopic (exact) mass is 344 g/mol. The summed E-state index contributed by atoms with van der Waals surface area (Å²) >= 11 is 0. The number of aromatic nitrogens is 4. The highest BCUT2D eigenvalue weighted by Crippen LogP contribution is 2.21. The molecular formula is C19H16N6O. The summed E-state index contributed by atoms with van der Waals surface area (Å²) in [6.45, 7) is 0. The van der Waals surface area contributed by atoms with Crippen LogP contribution in [0.5, 0.6) is 0 Å². The molecule has 7 nitrogen and oxygen atoms in total. The van der Waals surface area contributed by atoms with Crippen LogP contribution in [0.1, 0.15) is 10.5 Å². The zero-order valence-corrected chi connectivity index (χ0v) is 14.0. The van der Waals surface area contributed by atoms with Crippen molar-refractivity contribution in [3.63, 3.8) is 0 Å². The second-order valence-corrected chi connectivity index (χ2v) is 5.89. The third-order valence-corrected chi connectivity index (χ3v) is 4.12. The molecule has 4 aromatic rings. The van der Waals surface area contributed by atoms with Crippen molar-refractivity contribution in [2.24, 2.45) is 7.05 Å². The SMILES string of the molecule is Cn1ccc2ccc(NC(=O)c3nc(-c4cccnc4)cnc3N)cc21. The molecule has 0 aliphatic rings. The number of fused-ring (bicyclic) bond motifs is 1. The van der Waals surface area contributed by atoms with Gasteiger partial charge in [0.05, 0.1) is 11.9 Å². The number of nitrogen functional groups attached to an aromatic ring is 1. The standard InChI is InChI=1S/C19H16N6O/c1-25-8-6-12-4-5-14(9-16(12)25)23-19(26)17-18(20)22-11-15(24-17)13-3-2-7-21-10-13/h2-11H,1H3,(H2,20,22)(H,23,26). The van der Waals surface area contributed by atoms with Gasteiger partial charge in [-0.05, 0) is 35.7 Å². The largest absolute Gasteiger partial charge is 0.382 e. The molecule has 3 aromatic heterocycles. The highest BCUT2D eigenvalue weighted by atomic mass is 16.1. The molecule has 1 aromatic carbocycles. The summed E-state index contributed by atoms with van der Waals surface area (Å²) in [5.41, 5.74) is 8.93. The van der Waals surface area contributed by atoms with E-state index in [-0.39, 0.29) is 11.5 Å². The Morgan fingerprint density at radius 2 is 2.08 bits per heavy atom. The van der Waals surface area contributed by atoms with Crippen LogP contribution in [-0.4, -0.2) is 25.4 Å². The number of carbonyl (C=O) groups is 1. The minimum atomic E-state index is -0.408. The van der Waals surface area contributed by atoms with E-state index in [1.807, 2.05) is 48.1 Å². The maximum atomic E-state index is 12.7. The zero-order chi connectivity index (χ0) is 18.1. The zero-order valence-electron chi connectivity index (χ0n) is 14.0. The van der Waals surface area contributed by atoms with Crippen LogP contribution in [0.2, 0.25) is 0 Å². The van der Waals surface area contributed by atoms with Gasteiger partial charge in [0.15, 0.2) is 11.5 Å². The predicted octanol–water partition coefficient (Wildman–Crippen LogP) is 2.86. The molecule has 0 saturated heterocycles. The average molecular weight is 344 g/mol. The lowest BCUT2D eigenvalue weighted by Gasteiger charge is -2.09. The molecule has 1 amide bonds. The quantitative estimate of drug-likeness (QED) is 0.595. The molecule has 0 bridgehead atoms. The fourth-order valence-electron chi connectivity index (χ4n) is 2.75. The Labute approximate surface area is 149 Å². The van der Waals surface area contributed by atoms with Crippen molar-refractivity contribution in [1.29, 1.82) is 0 Å². The fourth-order valence-corrected chi connectivity index (χ4v) is 2.75. The van der Waals surface area contributed by atoms with Crippen LogP contribution < -0.4 is 11.1 Å². The number of nitrogens with two attached hydrogens (primary N) is 1. The maximum Gasteiger partial charge on any atom is 0.278 e. The average Bonchev–Trinajstić information content (AvgIpc) is 3.03. The van der Waals surface area contributed by atoms with Crippen LogP contribution in [0.25, 0.3) is 22.2 Å². The summed E-state index contributed by atoms with van der Waals surface area (Å²) in [6, 6.07) is 11.4. The van der Waals surface area contributed by atoms with Gasteiger partial charge in [0.25, 0.3) is 5.91 Å². The first-order chi connectivity index (χ1) is 12.6. The van der Waals surface area contributed by atoms with Crippen LogP contribution in [0, 0.1) is 0 Å². The molecule has 26 heavy (non-hydrogen) atoms. The number of hydrogen-bond donors (Lipinski definition) is 2. The van der Waals surface area contributed by atoms with Crippen molar-refractivity contribution in [2.75, 3.05) is 11.1 Å². The molecule has 128 valence electrons. The lowest BCUT2D eigenvalue weighted by atomic mass is 10.2. The van der Waals surface area contributed by atoms with E-state index in [0.29, 0.717) is 11.4 Å². The highest BCUT2D eigenvalue weighted by molar-refractivity contribution is 6.06. The third kappa shape index (κ3) is 2.86. The normalized spacial score (nSPS) is 10.8. The van der Waals surface area contributed by atoms with Crippen LogP contribution in [0.3, 0.4) is 0 Å². The number of aryl methyl sites for hydroxylation is 1. The van der Waals surface area contributed by atoms with Crippen molar-refractivity contribution in [3.05, 3.63) is 66.9 Å². The number of nitrogens with one attached hydrogen (secondary N) is 1. The van der Waals surface area contributed by atoms with Gasteiger partial charge >= 0.3 is 0 Å². The number of benzene rings is 1. The molecule has 0 saturated carbocycles. The molecule has 0 aliphatic heterocycles. The Morgan fingerprint density at radius 1 is 1.19 bits per heavy atom.